The lowest BCUT2D eigenvalue weighted by Crippen LogP contribution is -2.36. The predicted molar refractivity (Wildman–Crippen MR) is 97.9 cm³/mol. The van der Waals surface area contributed by atoms with Crippen LogP contribution in [0.1, 0.15) is 32.4 Å². The van der Waals surface area contributed by atoms with Crippen molar-refractivity contribution in [2.45, 2.75) is 33.5 Å². The molecule has 0 aliphatic carbocycles. The molecule has 142 valence electrons. The molecule has 0 radical (unpaired) electrons. The van der Waals surface area contributed by atoms with Crippen molar-refractivity contribution < 1.29 is 13.2 Å². The van der Waals surface area contributed by atoms with Crippen LogP contribution in [-0.4, -0.2) is 9.78 Å². The normalized spacial score (nSPS) is 12.9. The van der Waals surface area contributed by atoms with Crippen molar-refractivity contribution in [3.63, 3.8) is 0 Å². The molecule has 27 heavy (non-hydrogen) atoms. The average molecular weight is 373 g/mol. The zero-order valence-electron chi connectivity index (χ0n) is 15.4. The highest BCUT2D eigenvalue weighted by Crippen LogP contribution is 2.32. The van der Waals surface area contributed by atoms with Gasteiger partial charge in [0.15, 0.2) is 0 Å². The zero-order valence-corrected chi connectivity index (χ0v) is 15.4. The molecular formula is C20H21F2N3O2. The molecule has 0 saturated carbocycles. The van der Waals surface area contributed by atoms with E-state index in [1.807, 2.05) is 20.8 Å². The molecule has 3 aromatic rings. The predicted octanol–water partition coefficient (Wildman–Crippen LogP) is 4.12. The molecule has 0 bridgehead atoms. The van der Waals surface area contributed by atoms with Crippen LogP contribution >= 0.6 is 0 Å². The van der Waals surface area contributed by atoms with Gasteiger partial charge in [0.25, 0.3) is 0 Å². The van der Waals surface area contributed by atoms with Gasteiger partial charge in [-0.2, -0.15) is 4.68 Å². The summed E-state index contributed by atoms with van der Waals surface area (Å²) in [6, 6.07) is 11.6. The molecule has 1 heterocycles. The van der Waals surface area contributed by atoms with Gasteiger partial charge in [-0.05, 0) is 47.4 Å². The molecule has 1 aromatic heterocycles. The van der Waals surface area contributed by atoms with Gasteiger partial charge in [0.05, 0.1) is 6.67 Å². The van der Waals surface area contributed by atoms with Crippen LogP contribution in [0.3, 0.4) is 0 Å². The van der Waals surface area contributed by atoms with Gasteiger partial charge < -0.3 is 4.42 Å². The number of halogens is 2. The van der Waals surface area contributed by atoms with Crippen molar-refractivity contribution in [2.24, 2.45) is 5.41 Å². The lowest BCUT2D eigenvalue weighted by molar-refractivity contribution is 0.248. The van der Waals surface area contributed by atoms with Crippen molar-refractivity contribution in [3.05, 3.63) is 76.3 Å². The van der Waals surface area contributed by atoms with Crippen LogP contribution in [0, 0.1) is 17.0 Å². The zero-order chi connectivity index (χ0) is 19.6. The molecule has 0 fully saturated rings. The third-order valence-corrected chi connectivity index (χ3v) is 4.21. The molecule has 0 aliphatic rings. The number of hydrogen-bond donors (Lipinski definition) is 1. The summed E-state index contributed by atoms with van der Waals surface area (Å²) in [6.45, 7) is 6.25. The summed E-state index contributed by atoms with van der Waals surface area (Å²) in [5.41, 5.74) is 1.22. The summed E-state index contributed by atoms with van der Waals surface area (Å²) >= 11 is 0. The second-order valence-electron chi connectivity index (χ2n) is 7.39. The average Bonchev–Trinajstić information content (AvgIpc) is 2.97. The van der Waals surface area contributed by atoms with Crippen LogP contribution in [0.5, 0.6) is 0 Å². The second-order valence-corrected chi connectivity index (χ2v) is 7.39. The number of nitrogens with one attached hydrogen (secondary N) is 1. The first-order valence-corrected chi connectivity index (χ1v) is 8.57. The number of aromatic nitrogens is 2. The minimum atomic E-state index is -0.617. The standard InChI is InChI=1S/C20H21F2N3O2/c1-20(2,3)17(13-4-8-15(21)9-5-13)23-12-25-19(26)27-18(24-25)14-6-10-16(22)11-7-14/h4-11,17,23H,12H2,1-3H3. The minimum absolute atomic E-state index is 0.114. The molecule has 1 unspecified atom stereocenters. The Kier molecular flexibility index (Phi) is 5.23. The molecular weight excluding hydrogens is 352 g/mol. The maximum absolute atomic E-state index is 13.2. The monoisotopic (exact) mass is 373 g/mol. The van der Waals surface area contributed by atoms with Crippen LogP contribution in [0.25, 0.3) is 11.5 Å². The van der Waals surface area contributed by atoms with E-state index in [9.17, 15) is 13.6 Å². The Hall–Kier alpha value is -2.80. The van der Waals surface area contributed by atoms with Crippen molar-refractivity contribution in [1.29, 1.82) is 0 Å². The fourth-order valence-corrected chi connectivity index (χ4v) is 2.87. The van der Waals surface area contributed by atoms with E-state index in [1.54, 1.807) is 12.1 Å². The summed E-state index contributed by atoms with van der Waals surface area (Å²) in [5, 5.41) is 7.45. The van der Waals surface area contributed by atoms with Crippen LogP contribution in [0.4, 0.5) is 8.78 Å². The highest BCUT2D eigenvalue weighted by atomic mass is 19.1. The summed E-state index contributed by atoms with van der Waals surface area (Å²) in [6.07, 6.45) is 0. The summed E-state index contributed by atoms with van der Waals surface area (Å²) in [7, 11) is 0. The number of nitrogens with zero attached hydrogens (tertiary/aromatic N) is 2. The van der Waals surface area contributed by atoms with E-state index in [2.05, 4.69) is 10.4 Å². The van der Waals surface area contributed by atoms with E-state index < -0.39 is 5.76 Å². The number of rotatable bonds is 5. The summed E-state index contributed by atoms with van der Waals surface area (Å²) in [4.78, 5) is 12.1. The van der Waals surface area contributed by atoms with Crippen LogP contribution in [0.2, 0.25) is 0 Å². The molecule has 7 heteroatoms. The van der Waals surface area contributed by atoms with E-state index in [0.29, 0.717) is 5.56 Å². The van der Waals surface area contributed by atoms with Crippen LogP contribution in [-0.2, 0) is 6.67 Å². The molecule has 0 amide bonds. The van der Waals surface area contributed by atoms with Crippen molar-refractivity contribution in [2.75, 3.05) is 0 Å². The first-order chi connectivity index (χ1) is 12.7. The highest BCUT2D eigenvalue weighted by Gasteiger charge is 2.26. The third-order valence-electron chi connectivity index (χ3n) is 4.21. The topological polar surface area (TPSA) is 60.1 Å². The third kappa shape index (κ3) is 4.49. The van der Waals surface area contributed by atoms with Crippen molar-refractivity contribution in [3.8, 4) is 11.5 Å². The van der Waals surface area contributed by atoms with Gasteiger partial charge in [0.1, 0.15) is 11.6 Å². The van der Waals surface area contributed by atoms with Crippen molar-refractivity contribution >= 4 is 0 Å². The van der Waals surface area contributed by atoms with Gasteiger partial charge in [-0.25, -0.2) is 13.6 Å². The molecule has 5 nitrogen and oxygen atoms in total. The van der Waals surface area contributed by atoms with E-state index in [0.717, 1.165) is 5.56 Å². The largest absolute Gasteiger partial charge is 0.438 e. The molecule has 1 atom stereocenters. The molecule has 0 aliphatic heterocycles. The van der Waals surface area contributed by atoms with E-state index >= 15 is 0 Å². The lowest BCUT2D eigenvalue weighted by Gasteiger charge is -2.32. The smallest absolute Gasteiger partial charge is 0.388 e. The van der Waals surface area contributed by atoms with Gasteiger partial charge in [-0.15, -0.1) is 5.10 Å². The van der Waals surface area contributed by atoms with Crippen LogP contribution in [0.15, 0.2) is 57.7 Å². The fourth-order valence-electron chi connectivity index (χ4n) is 2.87. The van der Waals surface area contributed by atoms with E-state index in [4.69, 9.17) is 4.42 Å². The molecule has 0 saturated heterocycles. The van der Waals surface area contributed by atoms with Crippen molar-refractivity contribution in [1.82, 2.24) is 15.1 Å². The minimum Gasteiger partial charge on any atom is -0.388 e. The maximum Gasteiger partial charge on any atom is 0.438 e. The fraction of sp³-hybridized carbons (Fsp3) is 0.300. The Morgan fingerprint density at radius 1 is 1.04 bits per heavy atom. The van der Waals surface area contributed by atoms with E-state index in [1.165, 1.54) is 41.1 Å². The molecule has 3 rings (SSSR count). The molecule has 0 spiro atoms. The van der Waals surface area contributed by atoms with Gasteiger partial charge >= 0.3 is 5.76 Å². The first-order valence-electron chi connectivity index (χ1n) is 8.57. The quantitative estimate of drug-likeness (QED) is 0.731. The Labute approximate surface area is 155 Å². The first kappa shape index (κ1) is 19.0. The Morgan fingerprint density at radius 2 is 1.59 bits per heavy atom. The van der Waals surface area contributed by atoms with Gasteiger partial charge in [-0.3, -0.25) is 5.32 Å². The Morgan fingerprint density at radius 3 is 2.15 bits per heavy atom. The Bertz CT molecular complexity index is 955. The lowest BCUT2D eigenvalue weighted by atomic mass is 9.82. The summed E-state index contributed by atoms with van der Waals surface area (Å²) in [5.74, 6) is -1.18. The number of benzene rings is 2. The number of hydrogen-bond acceptors (Lipinski definition) is 4. The molecule has 1 N–H and O–H groups in total. The van der Waals surface area contributed by atoms with Gasteiger partial charge in [-0.1, -0.05) is 32.9 Å². The van der Waals surface area contributed by atoms with Gasteiger partial charge in [0, 0.05) is 11.6 Å². The summed E-state index contributed by atoms with van der Waals surface area (Å²) < 4.78 is 32.6. The van der Waals surface area contributed by atoms with Crippen LogP contribution < -0.4 is 11.1 Å². The molecule has 2 aromatic carbocycles. The second kappa shape index (κ2) is 7.44. The highest BCUT2D eigenvalue weighted by molar-refractivity contribution is 5.51. The maximum atomic E-state index is 13.2. The van der Waals surface area contributed by atoms with E-state index in [-0.39, 0.29) is 35.7 Å². The van der Waals surface area contributed by atoms with Gasteiger partial charge in [0.2, 0.25) is 5.89 Å². The SMILES string of the molecule is CC(C)(C)C(NCn1nc(-c2ccc(F)cc2)oc1=O)c1ccc(F)cc1. The Balaban J connectivity index is 1.80.